The smallest absolute Gasteiger partial charge is 0.312 e. The van der Waals surface area contributed by atoms with E-state index in [4.69, 9.17) is 16.7 Å². The molecule has 2 rings (SSSR count). The normalized spacial score (nSPS) is 12.4. The van der Waals surface area contributed by atoms with E-state index in [-0.39, 0.29) is 5.78 Å². The Labute approximate surface area is 127 Å². The van der Waals surface area contributed by atoms with Gasteiger partial charge < -0.3 is 14.2 Å². The molecule has 0 aliphatic carbocycles. The second kappa shape index (κ2) is 5.41. The lowest BCUT2D eigenvalue weighted by Gasteiger charge is -2.11. The molecule has 0 aliphatic heterocycles. The number of carboxylic acid groups (broad SMARTS) is 1. The second-order valence-electron chi connectivity index (χ2n) is 5.15. The van der Waals surface area contributed by atoms with Gasteiger partial charge in [-0.1, -0.05) is 11.6 Å². The summed E-state index contributed by atoms with van der Waals surface area (Å²) in [4.78, 5) is 23.8. The number of nitrogens with zero attached hydrogens (tertiary/aromatic N) is 2. The van der Waals surface area contributed by atoms with Crippen LogP contribution in [0.15, 0.2) is 18.2 Å². The van der Waals surface area contributed by atoms with Gasteiger partial charge in [0, 0.05) is 19.8 Å². The molecule has 6 heteroatoms. The number of aromatic nitrogens is 2. The first-order chi connectivity index (χ1) is 9.75. The van der Waals surface area contributed by atoms with Gasteiger partial charge in [0.25, 0.3) is 0 Å². The van der Waals surface area contributed by atoms with E-state index in [2.05, 4.69) is 0 Å². The van der Waals surface area contributed by atoms with Crippen molar-refractivity contribution in [1.82, 2.24) is 9.13 Å². The van der Waals surface area contributed by atoms with Crippen LogP contribution in [-0.2, 0) is 18.9 Å². The van der Waals surface area contributed by atoms with Crippen molar-refractivity contribution in [2.75, 3.05) is 0 Å². The van der Waals surface area contributed by atoms with Crippen molar-refractivity contribution < 1.29 is 14.7 Å². The van der Waals surface area contributed by atoms with E-state index < -0.39 is 11.9 Å². The van der Waals surface area contributed by atoms with Crippen molar-refractivity contribution in [2.45, 2.75) is 19.8 Å². The van der Waals surface area contributed by atoms with E-state index in [1.165, 1.54) is 0 Å². The highest BCUT2D eigenvalue weighted by atomic mass is 35.5. The van der Waals surface area contributed by atoms with Crippen LogP contribution in [0.4, 0.5) is 0 Å². The number of aliphatic carboxylic acids is 1. The molecule has 5 nitrogen and oxygen atoms in total. The summed E-state index contributed by atoms with van der Waals surface area (Å²) in [6.07, 6.45) is 0. The molecule has 2 aromatic rings. The minimum absolute atomic E-state index is 0.173. The maximum atomic E-state index is 12.7. The van der Waals surface area contributed by atoms with Gasteiger partial charge in [0.1, 0.15) is 5.15 Å². The fourth-order valence-electron chi connectivity index (χ4n) is 2.49. The molecule has 112 valence electrons. The van der Waals surface area contributed by atoms with Crippen LogP contribution < -0.4 is 0 Å². The fourth-order valence-corrected chi connectivity index (χ4v) is 2.64. The van der Waals surface area contributed by atoms with Crippen molar-refractivity contribution in [3.05, 3.63) is 46.0 Å². The summed E-state index contributed by atoms with van der Waals surface area (Å²) in [6, 6.07) is 5.07. The van der Waals surface area contributed by atoms with E-state index >= 15 is 0 Å². The van der Waals surface area contributed by atoms with Gasteiger partial charge in [-0.05, 0) is 37.6 Å². The zero-order valence-corrected chi connectivity index (χ0v) is 13.1. The molecule has 0 aliphatic rings. The summed E-state index contributed by atoms with van der Waals surface area (Å²) in [6.45, 7) is 3.40. The SMILES string of the molecule is Cc1cc(C(C)C(=O)O)n(C)c1C(=O)c1ccc(Cl)n1C. The number of ketones is 1. The number of rotatable bonds is 4. The summed E-state index contributed by atoms with van der Waals surface area (Å²) in [5, 5.41) is 9.62. The van der Waals surface area contributed by atoms with Crippen molar-refractivity contribution in [3.8, 4) is 0 Å². The average Bonchev–Trinajstić information content (AvgIpc) is 2.89. The summed E-state index contributed by atoms with van der Waals surface area (Å²) in [7, 11) is 3.42. The Bertz CT molecular complexity index is 728. The summed E-state index contributed by atoms with van der Waals surface area (Å²) in [5.74, 6) is -1.77. The number of hydrogen-bond acceptors (Lipinski definition) is 2. The Morgan fingerprint density at radius 1 is 1.24 bits per heavy atom. The average molecular weight is 309 g/mol. The monoisotopic (exact) mass is 308 g/mol. The predicted octanol–water partition coefficient (Wildman–Crippen LogP) is 2.74. The third-order valence-corrected chi connectivity index (χ3v) is 4.16. The lowest BCUT2D eigenvalue weighted by atomic mass is 10.1. The largest absolute Gasteiger partial charge is 0.481 e. The van der Waals surface area contributed by atoms with Gasteiger partial charge in [0.2, 0.25) is 5.78 Å². The number of carbonyl (C=O) groups is 2. The third kappa shape index (κ3) is 2.49. The first-order valence-electron chi connectivity index (χ1n) is 6.50. The van der Waals surface area contributed by atoms with Crippen molar-refractivity contribution in [3.63, 3.8) is 0 Å². The van der Waals surface area contributed by atoms with Crippen LogP contribution in [0, 0.1) is 6.92 Å². The Balaban J connectivity index is 2.53. The summed E-state index contributed by atoms with van der Waals surface area (Å²) < 4.78 is 3.26. The molecule has 0 aromatic carbocycles. The molecule has 0 fully saturated rings. The van der Waals surface area contributed by atoms with Crippen molar-refractivity contribution >= 4 is 23.4 Å². The molecule has 1 atom stereocenters. The number of carboxylic acids is 1. The fraction of sp³-hybridized carbons (Fsp3) is 0.333. The molecule has 0 saturated carbocycles. The predicted molar refractivity (Wildman–Crippen MR) is 80.1 cm³/mol. The molecule has 21 heavy (non-hydrogen) atoms. The molecular weight excluding hydrogens is 292 g/mol. The zero-order valence-electron chi connectivity index (χ0n) is 12.3. The van der Waals surface area contributed by atoms with Crippen molar-refractivity contribution in [1.29, 1.82) is 0 Å². The van der Waals surface area contributed by atoms with Crippen LogP contribution in [0.2, 0.25) is 5.15 Å². The Morgan fingerprint density at radius 3 is 2.33 bits per heavy atom. The van der Waals surface area contributed by atoms with E-state index in [1.807, 2.05) is 0 Å². The number of hydrogen-bond donors (Lipinski definition) is 1. The van der Waals surface area contributed by atoms with E-state index in [0.29, 0.717) is 22.2 Å². The highest BCUT2D eigenvalue weighted by molar-refractivity contribution is 6.30. The molecule has 2 heterocycles. The van der Waals surface area contributed by atoms with Crippen LogP contribution >= 0.6 is 11.6 Å². The van der Waals surface area contributed by atoms with Gasteiger partial charge in [-0.15, -0.1) is 0 Å². The zero-order chi connectivity index (χ0) is 15.9. The molecule has 0 spiro atoms. The molecule has 0 amide bonds. The van der Waals surface area contributed by atoms with Crippen LogP contribution in [-0.4, -0.2) is 26.0 Å². The number of aryl methyl sites for hydroxylation is 1. The van der Waals surface area contributed by atoms with Crippen LogP contribution in [0.1, 0.15) is 40.3 Å². The summed E-state index contributed by atoms with van der Waals surface area (Å²) in [5.41, 5.74) is 2.31. The maximum absolute atomic E-state index is 12.7. The highest BCUT2D eigenvalue weighted by Crippen LogP contribution is 2.25. The Morgan fingerprint density at radius 2 is 1.86 bits per heavy atom. The maximum Gasteiger partial charge on any atom is 0.312 e. The lowest BCUT2D eigenvalue weighted by Crippen LogP contribution is -2.16. The van der Waals surface area contributed by atoms with Crippen LogP contribution in [0.3, 0.4) is 0 Å². The standard InChI is InChI=1S/C15H17ClN2O3/c1-8-7-11(9(2)15(20)21)18(4)13(8)14(19)10-5-6-12(16)17(10)3/h5-7,9H,1-4H3,(H,20,21). The quantitative estimate of drug-likeness (QED) is 0.883. The van der Waals surface area contributed by atoms with Gasteiger partial charge in [0.15, 0.2) is 0 Å². The van der Waals surface area contributed by atoms with E-state index in [1.54, 1.807) is 55.3 Å². The lowest BCUT2D eigenvalue weighted by molar-refractivity contribution is -0.138. The van der Waals surface area contributed by atoms with Gasteiger partial charge in [-0.2, -0.15) is 0 Å². The molecule has 1 unspecified atom stereocenters. The molecular formula is C15H17ClN2O3. The number of halogens is 1. The molecule has 1 N–H and O–H groups in total. The molecule has 2 aromatic heterocycles. The Hall–Kier alpha value is -2.01. The number of carbonyl (C=O) groups excluding carboxylic acids is 1. The topological polar surface area (TPSA) is 64.2 Å². The molecule has 0 radical (unpaired) electrons. The molecule has 0 bridgehead atoms. The second-order valence-corrected chi connectivity index (χ2v) is 5.54. The minimum atomic E-state index is -0.920. The van der Waals surface area contributed by atoms with E-state index in [0.717, 1.165) is 5.56 Å². The van der Waals surface area contributed by atoms with E-state index in [9.17, 15) is 9.59 Å². The highest BCUT2D eigenvalue weighted by Gasteiger charge is 2.25. The first-order valence-corrected chi connectivity index (χ1v) is 6.88. The van der Waals surface area contributed by atoms with Gasteiger partial charge in [0.05, 0.1) is 17.3 Å². The van der Waals surface area contributed by atoms with Gasteiger partial charge >= 0.3 is 5.97 Å². The van der Waals surface area contributed by atoms with Gasteiger partial charge in [-0.25, -0.2) is 0 Å². The Kier molecular flexibility index (Phi) is 3.96. The van der Waals surface area contributed by atoms with Crippen molar-refractivity contribution in [2.24, 2.45) is 14.1 Å². The van der Waals surface area contributed by atoms with Crippen LogP contribution in [0.5, 0.6) is 0 Å². The molecule has 0 saturated heterocycles. The van der Waals surface area contributed by atoms with Gasteiger partial charge in [-0.3, -0.25) is 9.59 Å². The summed E-state index contributed by atoms with van der Waals surface area (Å²) >= 11 is 5.96. The third-order valence-electron chi connectivity index (χ3n) is 3.78. The van der Waals surface area contributed by atoms with Crippen LogP contribution in [0.25, 0.3) is 0 Å². The minimum Gasteiger partial charge on any atom is -0.481 e. The first kappa shape index (κ1) is 15.4.